The summed E-state index contributed by atoms with van der Waals surface area (Å²) >= 11 is 0. The first-order valence-corrected chi connectivity index (χ1v) is 4.88. The lowest BCUT2D eigenvalue weighted by atomic mass is 10.1. The highest BCUT2D eigenvalue weighted by Crippen LogP contribution is 2.20. The van der Waals surface area contributed by atoms with Crippen LogP contribution in [0.15, 0.2) is 24.3 Å². The van der Waals surface area contributed by atoms with Crippen molar-refractivity contribution < 1.29 is 19.1 Å². The van der Waals surface area contributed by atoms with Crippen molar-refractivity contribution in [2.45, 2.75) is 20.0 Å². The summed E-state index contributed by atoms with van der Waals surface area (Å²) in [7, 11) is 0. The average molecular weight is 233 g/mol. The van der Waals surface area contributed by atoms with E-state index in [9.17, 15) is 9.59 Å². The SMILES string of the molecule is CC(=O)Oc1ccc([C@H](C#N)OC(C)=O)cc1. The third-order valence-electron chi connectivity index (χ3n) is 1.85. The van der Waals surface area contributed by atoms with Gasteiger partial charge < -0.3 is 9.47 Å². The zero-order chi connectivity index (χ0) is 12.8. The molecule has 0 radical (unpaired) electrons. The number of carbonyl (C=O) groups is 2. The number of nitrogens with zero attached hydrogens (tertiary/aromatic N) is 1. The molecule has 0 saturated carbocycles. The van der Waals surface area contributed by atoms with Gasteiger partial charge in [0, 0.05) is 19.4 Å². The Morgan fingerprint density at radius 2 is 1.76 bits per heavy atom. The van der Waals surface area contributed by atoms with Crippen LogP contribution in [0, 0.1) is 11.3 Å². The molecule has 0 N–H and O–H groups in total. The molecule has 0 spiro atoms. The molecule has 1 aromatic rings. The third-order valence-corrected chi connectivity index (χ3v) is 1.85. The van der Waals surface area contributed by atoms with Crippen LogP contribution in [0.1, 0.15) is 25.5 Å². The highest BCUT2D eigenvalue weighted by atomic mass is 16.5. The Morgan fingerprint density at radius 3 is 2.18 bits per heavy atom. The summed E-state index contributed by atoms with van der Waals surface area (Å²) in [6.07, 6.45) is -0.945. The molecule has 0 heterocycles. The summed E-state index contributed by atoms with van der Waals surface area (Å²) in [6.45, 7) is 2.53. The van der Waals surface area contributed by atoms with Gasteiger partial charge in [-0.15, -0.1) is 0 Å². The van der Waals surface area contributed by atoms with Crippen molar-refractivity contribution >= 4 is 11.9 Å². The predicted octanol–water partition coefficient (Wildman–Crippen LogP) is 1.74. The van der Waals surface area contributed by atoms with Crippen LogP contribution in [0.25, 0.3) is 0 Å². The van der Waals surface area contributed by atoms with Crippen molar-refractivity contribution in [3.8, 4) is 11.8 Å². The zero-order valence-electron chi connectivity index (χ0n) is 9.47. The van der Waals surface area contributed by atoms with E-state index in [-0.39, 0.29) is 0 Å². The first-order valence-electron chi connectivity index (χ1n) is 4.88. The van der Waals surface area contributed by atoms with Gasteiger partial charge in [0.05, 0.1) is 0 Å². The number of rotatable bonds is 3. The van der Waals surface area contributed by atoms with Gasteiger partial charge in [0.1, 0.15) is 11.8 Å². The van der Waals surface area contributed by atoms with Gasteiger partial charge in [-0.2, -0.15) is 5.26 Å². The van der Waals surface area contributed by atoms with Crippen molar-refractivity contribution in [1.29, 1.82) is 5.26 Å². The number of hydrogen-bond acceptors (Lipinski definition) is 5. The molecule has 0 saturated heterocycles. The van der Waals surface area contributed by atoms with Crippen LogP contribution in [0.4, 0.5) is 0 Å². The molecule has 0 aliphatic carbocycles. The molecule has 0 aliphatic heterocycles. The minimum Gasteiger partial charge on any atom is -0.442 e. The molecular formula is C12H11NO4. The number of ether oxygens (including phenoxy) is 2. The van der Waals surface area contributed by atoms with Crippen LogP contribution in [0.5, 0.6) is 5.75 Å². The maximum atomic E-state index is 10.8. The summed E-state index contributed by atoms with van der Waals surface area (Å²) in [5.74, 6) is -0.573. The average Bonchev–Trinajstić information content (AvgIpc) is 2.26. The van der Waals surface area contributed by atoms with Crippen molar-refractivity contribution in [3.05, 3.63) is 29.8 Å². The number of esters is 2. The number of hydrogen-bond donors (Lipinski definition) is 0. The highest BCUT2D eigenvalue weighted by molar-refractivity contribution is 5.69. The molecule has 0 bridgehead atoms. The maximum Gasteiger partial charge on any atom is 0.308 e. The summed E-state index contributed by atoms with van der Waals surface area (Å²) in [6, 6.07) is 8.05. The molecule has 0 aliphatic rings. The van der Waals surface area contributed by atoms with Crippen LogP contribution in [0.3, 0.4) is 0 Å². The van der Waals surface area contributed by atoms with E-state index in [0.717, 1.165) is 0 Å². The summed E-state index contributed by atoms with van der Waals surface area (Å²) < 4.78 is 9.63. The van der Waals surface area contributed by atoms with Gasteiger partial charge in [0.2, 0.25) is 6.10 Å². The molecule has 0 aromatic heterocycles. The molecule has 88 valence electrons. The second-order valence-corrected chi connectivity index (χ2v) is 3.28. The topological polar surface area (TPSA) is 76.4 Å². The molecule has 5 nitrogen and oxygen atoms in total. The van der Waals surface area contributed by atoms with Crippen molar-refractivity contribution in [1.82, 2.24) is 0 Å². The zero-order valence-corrected chi connectivity index (χ0v) is 9.47. The second-order valence-electron chi connectivity index (χ2n) is 3.28. The number of benzene rings is 1. The molecule has 0 unspecified atom stereocenters. The molecule has 0 amide bonds. The number of nitriles is 1. The Bertz CT molecular complexity index is 458. The first kappa shape index (κ1) is 12.7. The van der Waals surface area contributed by atoms with E-state index < -0.39 is 18.0 Å². The summed E-state index contributed by atoms with van der Waals surface area (Å²) in [4.78, 5) is 21.4. The Morgan fingerprint density at radius 1 is 1.18 bits per heavy atom. The van der Waals surface area contributed by atoms with Gasteiger partial charge in [-0.25, -0.2) is 0 Å². The molecule has 0 fully saturated rings. The fraction of sp³-hybridized carbons (Fsp3) is 0.250. The molecule has 17 heavy (non-hydrogen) atoms. The highest BCUT2D eigenvalue weighted by Gasteiger charge is 2.13. The normalized spacial score (nSPS) is 11.1. The van der Waals surface area contributed by atoms with Gasteiger partial charge in [0.25, 0.3) is 0 Å². The van der Waals surface area contributed by atoms with Gasteiger partial charge in [0.15, 0.2) is 0 Å². The Kier molecular flexibility index (Phi) is 4.23. The lowest BCUT2D eigenvalue weighted by Crippen LogP contribution is -2.06. The molecular weight excluding hydrogens is 222 g/mol. The fourth-order valence-corrected chi connectivity index (χ4v) is 1.21. The van der Waals surface area contributed by atoms with Crippen LogP contribution < -0.4 is 4.74 Å². The Labute approximate surface area is 98.6 Å². The minimum absolute atomic E-state index is 0.376. The largest absolute Gasteiger partial charge is 0.442 e. The number of carbonyl (C=O) groups excluding carboxylic acids is 2. The van der Waals surface area contributed by atoms with E-state index >= 15 is 0 Å². The molecule has 5 heteroatoms. The van der Waals surface area contributed by atoms with E-state index in [2.05, 4.69) is 0 Å². The van der Waals surface area contributed by atoms with E-state index in [1.54, 1.807) is 12.1 Å². The molecule has 1 rings (SSSR count). The van der Waals surface area contributed by atoms with Gasteiger partial charge in [-0.05, 0) is 12.1 Å². The van der Waals surface area contributed by atoms with Crippen LogP contribution in [-0.2, 0) is 14.3 Å². The van der Waals surface area contributed by atoms with Crippen molar-refractivity contribution in [2.75, 3.05) is 0 Å². The van der Waals surface area contributed by atoms with Gasteiger partial charge in [-0.1, -0.05) is 12.1 Å². The lowest BCUT2D eigenvalue weighted by molar-refractivity contribution is -0.144. The Balaban J connectivity index is 2.82. The monoisotopic (exact) mass is 233 g/mol. The van der Waals surface area contributed by atoms with Crippen molar-refractivity contribution in [2.24, 2.45) is 0 Å². The standard InChI is InChI=1S/C12H11NO4/c1-8(14)16-11-5-3-10(4-6-11)12(7-13)17-9(2)15/h3-6,12H,1-2H3/t12-/m0/s1. The second kappa shape index (κ2) is 5.66. The summed E-state index contributed by atoms with van der Waals surface area (Å²) in [5, 5.41) is 8.83. The molecule has 1 aromatic carbocycles. The van der Waals surface area contributed by atoms with Crippen LogP contribution in [-0.4, -0.2) is 11.9 Å². The summed E-state index contributed by atoms with van der Waals surface area (Å²) in [5.41, 5.74) is 0.526. The van der Waals surface area contributed by atoms with Crippen LogP contribution in [0.2, 0.25) is 0 Å². The van der Waals surface area contributed by atoms with E-state index in [1.807, 2.05) is 6.07 Å². The lowest BCUT2D eigenvalue weighted by Gasteiger charge is -2.09. The smallest absolute Gasteiger partial charge is 0.308 e. The van der Waals surface area contributed by atoms with E-state index in [4.69, 9.17) is 14.7 Å². The Hall–Kier alpha value is -2.35. The van der Waals surface area contributed by atoms with Crippen molar-refractivity contribution in [3.63, 3.8) is 0 Å². The molecule has 1 atom stereocenters. The van der Waals surface area contributed by atoms with Gasteiger partial charge >= 0.3 is 11.9 Å². The predicted molar refractivity (Wildman–Crippen MR) is 57.9 cm³/mol. The van der Waals surface area contributed by atoms with Crippen LogP contribution >= 0.6 is 0 Å². The quantitative estimate of drug-likeness (QED) is 0.587. The minimum atomic E-state index is -0.945. The van der Waals surface area contributed by atoms with E-state index in [1.165, 1.54) is 26.0 Å². The third kappa shape index (κ3) is 3.95. The van der Waals surface area contributed by atoms with E-state index in [0.29, 0.717) is 11.3 Å². The van der Waals surface area contributed by atoms with Gasteiger partial charge in [-0.3, -0.25) is 9.59 Å². The first-order chi connectivity index (χ1) is 8.02. The fourth-order valence-electron chi connectivity index (χ4n) is 1.21. The maximum absolute atomic E-state index is 10.8.